The van der Waals surface area contributed by atoms with Gasteiger partial charge in [0.1, 0.15) is 17.3 Å². The monoisotopic (exact) mass is 312 g/mol. The molecular formula is C16H15N5O2. The number of ether oxygens (including phenoxy) is 1. The molecule has 7 nitrogen and oxygen atoms in total. The van der Waals surface area contributed by atoms with E-state index in [9.17, 15) is 4.79 Å². The molecule has 3 rings (SSSR count). The molecule has 1 amide bonds. The predicted molar refractivity (Wildman–Crippen MR) is 85.2 cm³/mol. The van der Waals surface area contributed by atoms with Gasteiger partial charge in [-0.15, -0.1) is 0 Å². The first-order valence-corrected chi connectivity index (χ1v) is 6.74. The van der Waals surface area contributed by atoms with Crippen molar-refractivity contribution in [3.05, 3.63) is 48.5 Å². The van der Waals surface area contributed by atoms with Gasteiger partial charge in [-0.2, -0.15) is 5.10 Å². The zero-order chi connectivity index (χ0) is 18.7. The van der Waals surface area contributed by atoms with Gasteiger partial charge in [-0.3, -0.25) is 14.5 Å². The van der Waals surface area contributed by atoms with Crippen LogP contribution in [0.3, 0.4) is 0 Å². The molecule has 23 heavy (non-hydrogen) atoms. The van der Waals surface area contributed by atoms with E-state index >= 15 is 0 Å². The van der Waals surface area contributed by atoms with Crippen molar-refractivity contribution in [1.29, 1.82) is 0 Å². The fraction of sp³-hybridized carbons (Fsp3) is 0.125. The van der Waals surface area contributed by atoms with E-state index in [-0.39, 0.29) is 0 Å². The summed E-state index contributed by atoms with van der Waals surface area (Å²) < 4.78 is 28.8. The molecule has 0 aromatic carbocycles. The molecule has 116 valence electrons. The Labute approximate surface area is 137 Å². The van der Waals surface area contributed by atoms with Crippen LogP contribution in [0.15, 0.2) is 42.9 Å². The van der Waals surface area contributed by atoms with Gasteiger partial charge in [-0.25, -0.2) is 4.98 Å². The molecule has 0 aliphatic carbocycles. The lowest BCUT2D eigenvalue weighted by molar-refractivity contribution is -0.105. The van der Waals surface area contributed by atoms with Crippen molar-refractivity contribution >= 4 is 12.2 Å². The van der Waals surface area contributed by atoms with Crippen LogP contribution >= 0.6 is 0 Å². The number of rotatable bonds is 5. The van der Waals surface area contributed by atoms with Crippen LogP contribution in [0.2, 0.25) is 0 Å². The topological polar surface area (TPSA) is 81.9 Å². The highest BCUT2D eigenvalue weighted by atomic mass is 16.5. The summed E-state index contributed by atoms with van der Waals surface area (Å²) in [5.74, 6) is 1.46. The van der Waals surface area contributed by atoms with Gasteiger partial charge in [0, 0.05) is 35.1 Å². The van der Waals surface area contributed by atoms with Crippen LogP contribution in [0.5, 0.6) is 11.5 Å². The first-order chi connectivity index (χ1) is 12.4. The summed E-state index contributed by atoms with van der Waals surface area (Å²) in [4.78, 5) is 18.9. The SMILES string of the molecule is [2H]C([2H])([2H])n1cc(-c2cc(Oc3ccc(NC=O)nc3C)ccn2)cn1. The number of anilines is 1. The normalized spacial score (nSPS) is 12.8. The average Bonchev–Trinajstić information content (AvgIpc) is 3.08. The number of aryl methyl sites for hydroxylation is 2. The number of aromatic nitrogens is 4. The van der Waals surface area contributed by atoms with Gasteiger partial charge in [0.15, 0.2) is 0 Å². The van der Waals surface area contributed by atoms with Gasteiger partial charge in [-0.1, -0.05) is 0 Å². The average molecular weight is 312 g/mol. The molecule has 0 aliphatic rings. The molecule has 0 spiro atoms. The quantitative estimate of drug-likeness (QED) is 0.732. The Morgan fingerprint density at radius 2 is 2.30 bits per heavy atom. The maximum Gasteiger partial charge on any atom is 0.212 e. The third-order valence-electron chi connectivity index (χ3n) is 3.08. The number of carbonyl (C=O) groups is 1. The minimum absolute atomic E-state index is 0.428. The fourth-order valence-electron chi connectivity index (χ4n) is 2.01. The number of nitrogens with one attached hydrogen (secondary N) is 1. The van der Waals surface area contributed by atoms with Gasteiger partial charge < -0.3 is 10.1 Å². The van der Waals surface area contributed by atoms with Crippen LogP contribution in [0, 0.1) is 6.92 Å². The summed E-state index contributed by atoms with van der Waals surface area (Å²) in [6, 6.07) is 6.67. The second-order valence-electron chi connectivity index (χ2n) is 4.69. The molecule has 3 aromatic heterocycles. The Balaban J connectivity index is 1.84. The molecule has 0 aliphatic heterocycles. The van der Waals surface area contributed by atoms with Crippen LogP contribution in [-0.2, 0) is 11.8 Å². The van der Waals surface area contributed by atoms with Crippen LogP contribution in [-0.4, -0.2) is 26.2 Å². The lowest BCUT2D eigenvalue weighted by Gasteiger charge is -2.09. The van der Waals surface area contributed by atoms with Crippen LogP contribution < -0.4 is 10.1 Å². The molecule has 1 N–H and O–H groups in total. The van der Waals surface area contributed by atoms with E-state index in [0.717, 1.165) is 4.68 Å². The fourth-order valence-corrected chi connectivity index (χ4v) is 2.01. The van der Waals surface area contributed by atoms with Gasteiger partial charge in [0.25, 0.3) is 0 Å². The summed E-state index contributed by atoms with van der Waals surface area (Å²) >= 11 is 0. The maximum absolute atomic E-state index is 10.5. The number of carbonyl (C=O) groups excluding carboxylic acids is 1. The van der Waals surface area contributed by atoms with E-state index in [1.807, 2.05) is 0 Å². The Hall–Kier alpha value is -3.22. The second-order valence-corrected chi connectivity index (χ2v) is 4.69. The highest BCUT2D eigenvalue weighted by molar-refractivity contribution is 5.69. The van der Waals surface area contributed by atoms with Crippen molar-refractivity contribution < 1.29 is 13.6 Å². The predicted octanol–water partition coefficient (Wildman–Crippen LogP) is 2.55. The van der Waals surface area contributed by atoms with E-state index in [0.29, 0.717) is 40.7 Å². The van der Waals surface area contributed by atoms with Crippen molar-refractivity contribution in [1.82, 2.24) is 19.7 Å². The third kappa shape index (κ3) is 3.34. The zero-order valence-electron chi connectivity index (χ0n) is 15.2. The Bertz CT molecular complexity index is 940. The third-order valence-corrected chi connectivity index (χ3v) is 3.08. The number of pyridine rings is 2. The van der Waals surface area contributed by atoms with E-state index in [2.05, 4.69) is 20.4 Å². The van der Waals surface area contributed by atoms with Gasteiger partial charge in [-0.05, 0) is 25.1 Å². The number of amides is 1. The van der Waals surface area contributed by atoms with E-state index in [4.69, 9.17) is 8.85 Å². The summed E-state index contributed by atoms with van der Waals surface area (Å²) in [6.45, 7) is -0.583. The highest BCUT2D eigenvalue weighted by Crippen LogP contribution is 2.27. The van der Waals surface area contributed by atoms with Crippen LogP contribution in [0.1, 0.15) is 9.81 Å². The molecule has 0 radical (unpaired) electrons. The Kier molecular flexibility index (Phi) is 3.10. The maximum atomic E-state index is 10.5. The molecule has 0 atom stereocenters. The van der Waals surface area contributed by atoms with Crippen LogP contribution in [0.4, 0.5) is 5.82 Å². The molecule has 0 fully saturated rings. The Morgan fingerprint density at radius 1 is 1.39 bits per heavy atom. The summed E-state index contributed by atoms with van der Waals surface area (Å²) in [6.07, 6.45) is 4.95. The smallest absolute Gasteiger partial charge is 0.212 e. The molecule has 3 aromatic rings. The van der Waals surface area contributed by atoms with Gasteiger partial charge in [0.05, 0.1) is 17.6 Å². The van der Waals surface area contributed by atoms with Crippen molar-refractivity contribution in [3.8, 4) is 22.8 Å². The molecule has 0 saturated carbocycles. The van der Waals surface area contributed by atoms with E-state index in [1.54, 1.807) is 37.4 Å². The molecule has 7 heteroatoms. The van der Waals surface area contributed by atoms with Gasteiger partial charge >= 0.3 is 0 Å². The summed E-state index contributed by atoms with van der Waals surface area (Å²) in [5.41, 5.74) is 1.69. The Morgan fingerprint density at radius 3 is 3.04 bits per heavy atom. The minimum atomic E-state index is -2.34. The van der Waals surface area contributed by atoms with Crippen molar-refractivity contribution in [2.75, 3.05) is 5.32 Å². The summed E-state index contributed by atoms with van der Waals surface area (Å²) in [7, 11) is 0. The molecule has 3 heterocycles. The number of hydrogen-bond donors (Lipinski definition) is 1. The highest BCUT2D eigenvalue weighted by Gasteiger charge is 2.07. The minimum Gasteiger partial charge on any atom is -0.455 e. The van der Waals surface area contributed by atoms with Gasteiger partial charge in [0.2, 0.25) is 6.41 Å². The summed E-state index contributed by atoms with van der Waals surface area (Å²) in [5, 5.41) is 6.32. The van der Waals surface area contributed by atoms with Crippen molar-refractivity contribution in [2.24, 2.45) is 6.98 Å². The van der Waals surface area contributed by atoms with Crippen LogP contribution in [0.25, 0.3) is 11.3 Å². The number of hydrogen-bond acceptors (Lipinski definition) is 5. The van der Waals surface area contributed by atoms with E-state index < -0.39 is 6.98 Å². The lowest BCUT2D eigenvalue weighted by Crippen LogP contribution is -1.99. The zero-order valence-corrected chi connectivity index (χ0v) is 12.2. The first kappa shape index (κ1) is 11.4. The van der Waals surface area contributed by atoms with E-state index in [1.165, 1.54) is 12.4 Å². The molecular weight excluding hydrogens is 294 g/mol. The lowest BCUT2D eigenvalue weighted by atomic mass is 10.2. The van der Waals surface area contributed by atoms with Crippen molar-refractivity contribution in [3.63, 3.8) is 0 Å². The largest absolute Gasteiger partial charge is 0.455 e. The molecule has 0 bridgehead atoms. The standard InChI is InChI=1S/C16H15N5O2/c1-11-15(3-4-16(20-11)18-10-22)23-13-5-6-17-14(7-13)12-8-19-21(2)9-12/h3-10H,1-2H3,(H,18,20,22)/i2D3. The molecule has 0 saturated heterocycles. The second kappa shape index (κ2) is 6.27. The first-order valence-electron chi connectivity index (χ1n) is 8.24. The number of nitrogens with zero attached hydrogens (tertiary/aromatic N) is 4. The van der Waals surface area contributed by atoms with Crippen molar-refractivity contribution in [2.45, 2.75) is 6.92 Å². The molecule has 0 unspecified atom stereocenters.